The summed E-state index contributed by atoms with van der Waals surface area (Å²) < 4.78 is 24.6. The normalized spacial score (nSPS) is 14.5. The van der Waals surface area contributed by atoms with E-state index in [1.54, 1.807) is 24.3 Å². The summed E-state index contributed by atoms with van der Waals surface area (Å²) in [7, 11) is 0. The van der Waals surface area contributed by atoms with Gasteiger partial charge in [-0.15, -0.1) is 0 Å². The lowest BCUT2D eigenvalue weighted by molar-refractivity contribution is 0.101. The third kappa shape index (κ3) is 3.28. The Balaban J connectivity index is 2.66. The summed E-state index contributed by atoms with van der Waals surface area (Å²) in [5.41, 5.74) is 1.46. The molecule has 0 saturated carbocycles. The molecule has 0 aliphatic heterocycles. The topological polar surface area (TPSA) is 35.8 Å². The highest BCUT2D eigenvalue weighted by atomic mass is 19.3. The molecule has 0 aliphatic carbocycles. The molecule has 0 aliphatic rings. The van der Waals surface area contributed by atoms with Gasteiger partial charge in [-0.2, -0.15) is 5.26 Å². The van der Waals surface area contributed by atoms with Gasteiger partial charge in [0.1, 0.15) is 0 Å². The van der Waals surface area contributed by atoms with Crippen molar-refractivity contribution in [1.29, 1.82) is 5.26 Å². The number of nitrogens with zero attached hydrogens (tertiary/aromatic N) is 1. The molecule has 0 bridgehead atoms. The summed E-state index contributed by atoms with van der Waals surface area (Å²) in [6.07, 6.45) is -2.37. The fourth-order valence-electron chi connectivity index (χ4n) is 1.41. The van der Waals surface area contributed by atoms with Gasteiger partial charge >= 0.3 is 0 Å². The van der Waals surface area contributed by atoms with Crippen LogP contribution in [0, 0.1) is 11.3 Å². The Morgan fingerprint density at radius 1 is 1.19 bits per heavy atom. The van der Waals surface area contributed by atoms with Gasteiger partial charge in [-0.05, 0) is 31.5 Å². The van der Waals surface area contributed by atoms with Crippen LogP contribution >= 0.6 is 0 Å². The lowest BCUT2D eigenvalue weighted by atomic mass is 10.1. The van der Waals surface area contributed by atoms with Gasteiger partial charge in [-0.1, -0.05) is 12.1 Å². The highest BCUT2D eigenvalue weighted by molar-refractivity contribution is 5.32. The SMILES string of the molecule is CC(NC(C)C(F)F)c1ccc(C#N)cc1. The molecule has 0 heterocycles. The largest absolute Gasteiger partial charge is 0.302 e. The maximum atomic E-state index is 12.3. The summed E-state index contributed by atoms with van der Waals surface area (Å²) in [4.78, 5) is 0. The first-order valence-corrected chi connectivity index (χ1v) is 5.09. The van der Waals surface area contributed by atoms with E-state index in [0.717, 1.165) is 5.56 Å². The molecule has 1 N–H and O–H groups in total. The van der Waals surface area contributed by atoms with E-state index < -0.39 is 12.5 Å². The van der Waals surface area contributed by atoms with Gasteiger partial charge < -0.3 is 5.32 Å². The molecule has 86 valence electrons. The van der Waals surface area contributed by atoms with E-state index >= 15 is 0 Å². The molecule has 2 unspecified atom stereocenters. The van der Waals surface area contributed by atoms with Crippen molar-refractivity contribution in [2.24, 2.45) is 0 Å². The Morgan fingerprint density at radius 3 is 2.19 bits per heavy atom. The van der Waals surface area contributed by atoms with Crippen molar-refractivity contribution in [1.82, 2.24) is 5.32 Å². The summed E-state index contributed by atoms with van der Waals surface area (Å²) in [6.45, 7) is 3.27. The average Bonchev–Trinajstić information content (AvgIpc) is 2.28. The fourth-order valence-corrected chi connectivity index (χ4v) is 1.41. The third-order valence-corrected chi connectivity index (χ3v) is 2.43. The molecule has 16 heavy (non-hydrogen) atoms. The van der Waals surface area contributed by atoms with Crippen molar-refractivity contribution in [3.05, 3.63) is 35.4 Å². The highest BCUT2D eigenvalue weighted by Gasteiger charge is 2.17. The van der Waals surface area contributed by atoms with Crippen molar-refractivity contribution in [2.75, 3.05) is 0 Å². The molecule has 4 heteroatoms. The summed E-state index contributed by atoms with van der Waals surface area (Å²) in [5, 5.41) is 11.4. The van der Waals surface area contributed by atoms with Crippen molar-refractivity contribution >= 4 is 0 Å². The highest BCUT2D eigenvalue weighted by Crippen LogP contribution is 2.15. The molecule has 0 aromatic heterocycles. The summed E-state index contributed by atoms with van der Waals surface area (Å²) in [6, 6.07) is 7.92. The monoisotopic (exact) mass is 224 g/mol. The second kappa shape index (κ2) is 5.57. The van der Waals surface area contributed by atoms with E-state index in [4.69, 9.17) is 5.26 Å². The van der Waals surface area contributed by atoms with Crippen molar-refractivity contribution in [2.45, 2.75) is 32.4 Å². The number of rotatable bonds is 4. The Hall–Kier alpha value is -1.47. The molecule has 1 aromatic rings. The molecule has 0 radical (unpaired) electrons. The van der Waals surface area contributed by atoms with Crippen molar-refractivity contribution in [3.63, 3.8) is 0 Å². The zero-order chi connectivity index (χ0) is 12.1. The molecule has 0 spiro atoms. The predicted octanol–water partition coefficient (Wildman–Crippen LogP) is 2.86. The number of halogens is 2. The van der Waals surface area contributed by atoms with Crippen LogP contribution in [0.3, 0.4) is 0 Å². The molecule has 1 aromatic carbocycles. The first kappa shape index (κ1) is 12.6. The van der Waals surface area contributed by atoms with Crippen LogP contribution in [0.2, 0.25) is 0 Å². The van der Waals surface area contributed by atoms with Gasteiger partial charge in [-0.3, -0.25) is 0 Å². The van der Waals surface area contributed by atoms with Gasteiger partial charge in [0.05, 0.1) is 17.7 Å². The number of nitriles is 1. The quantitative estimate of drug-likeness (QED) is 0.853. The average molecular weight is 224 g/mol. The van der Waals surface area contributed by atoms with Crippen LogP contribution in [-0.4, -0.2) is 12.5 Å². The first-order valence-electron chi connectivity index (χ1n) is 5.09. The van der Waals surface area contributed by atoms with Gasteiger partial charge in [-0.25, -0.2) is 8.78 Å². The van der Waals surface area contributed by atoms with E-state index in [9.17, 15) is 8.78 Å². The Morgan fingerprint density at radius 2 is 1.75 bits per heavy atom. The minimum atomic E-state index is -2.37. The lowest BCUT2D eigenvalue weighted by Gasteiger charge is -2.19. The van der Waals surface area contributed by atoms with Crippen molar-refractivity contribution < 1.29 is 8.78 Å². The van der Waals surface area contributed by atoms with Gasteiger partial charge in [0.2, 0.25) is 0 Å². The minimum Gasteiger partial charge on any atom is -0.302 e. The van der Waals surface area contributed by atoms with E-state index in [2.05, 4.69) is 5.32 Å². The predicted molar refractivity (Wildman–Crippen MR) is 58.2 cm³/mol. The second-order valence-corrected chi connectivity index (χ2v) is 3.75. The van der Waals surface area contributed by atoms with Crippen LogP contribution in [0.5, 0.6) is 0 Å². The molecular formula is C12H14F2N2. The van der Waals surface area contributed by atoms with Crippen LogP contribution in [0.25, 0.3) is 0 Å². The van der Waals surface area contributed by atoms with Gasteiger partial charge in [0.25, 0.3) is 6.43 Å². The maximum Gasteiger partial charge on any atom is 0.253 e. The first-order chi connectivity index (χ1) is 7.54. The molecule has 0 amide bonds. The number of hydrogen-bond donors (Lipinski definition) is 1. The zero-order valence-corrected chi connectivity index (χ0v) is 9.24. The minimum absolute atomic E-state index is 0.156. The number of alkyl halides is 2. The lowest BCUT2D eigenvalue weighted by Crippen LogP contribution is -2.34. The summed E-state index contributed by atoms with van der Waals surface area (Å²) >= 11 is 0. The Bertz CT molecular complexity index is 368. The summed E-state index contributed by atoms with van der Waals surface area (Å²) in [5.74, 6) is 0. The van der Waals surface area contributed by atoms with Crippen LogP contribution in [0.15, 0.2) is 24.3 Å². The molecule has 2 atom stereocenters. The van der Waals surface area contributed by atoms with Crippen LogP contribution in [-0.2, 0) is 0 Å². The smallest absolute Gasteiger partial charge is 0.253 e. The standard InChI is InChI=1S/C12H14F2N2/c1-8(16-9(2)12(13)14)11-5-3-10(7-15)4-6-11/h3-6,8-9,12,16H,1-2H3. The van der Waals surface area contributed by atoms with E-state index in [0.29, 0.717) is 5.56 Å². The Labute approximate surface area is 93.9 Å². The van der Waals surface area contributed by atoms with E-state index in [1.165, 1.54) is 6.92 Å². The molecule has 2 nitrogen and oxygen atoms in total. The van der Waals surface area contributed by atoms with Crippen LogP contribution in [0.1, 0.15) is 31.0 Å². The molecule has 0 saturated heterocycles. The molecule has 1 rings (SSSR count). The number of benzene rings is 1. The van der Waals surface area contributed by atoms with Crippen LogP contribution in [0.4, 0.5) is 8.78 Å². The van der Waals surface area contributed by atoms with Crippen molar-refractivity contribution in [3.8, 4) is 6.07 Å². The molecular weight excluding hydrogens is 210 g/mol. The number of nitrogens with one attached hydrogen (secondary N) is 1. The van der Waals surface area contributed by atoms with E-state index in [1.807, 2.05) is 13.0 Å². The van der Waals surface area contributed by atoms with Gasteiger partial charge in [0, 0.05) is 6.04 Å². The fraction of sp³-hybridized carbons (Fsp3) is 0.417. The third-order valence-electron chi connectivity index (χ3n) is 2.43. The second-order valence-electron chi connectivity index (χ2n) is 3.75. The maximum absolute atomic E-state index is 12.3. The van der Waals surface area contributed by atoms with E-state index in [-0.39, 0.29) is 6.04 Å². The molecule has 0 fully saturated rings. The Kier molecular flexibility index (Phi) is 4.39. The van der Waals surface area contributed by atoms with Gasteiger partial charge in [0.15, 0.2) is 0 Å². The zero-order valence-electron chi connectivity index (χ0n) is 9.24. The number of hydrogen-bond acceptors (Lipinski definition) is 2. The van der Waals surface area contributed by atoms with Crippen LogP contribution < -0.4 is 5.32 Å².